The first-order valence-electron chi connectivity index (χ1n) is 6.77. The second-order valence-electron chi connectivity index (χ2n) is 5.65. The standard InChI is InChI=1S/C13H26N2S/c1-11-8-15(9-12(2)16-11)13(10-14)6-4-3-5-7-13/h11-12H,3-10,14H2,1-2H3. The van der Waals surface area contributed by atoms with Crippen LogP contribution in [0, 0.1) is 0 Å². The summed E-state index contributed by atoms with van der Waals surface area (Å²) in [5, 5.41) is 1.54. The Bertz CT molecular complexity index is 216. The molecule has 3 heteroatoms. The van der Waals surface area contributed by atoms with Gasteiger partial charge in [-0.1, -0.05) is 33.1 Å². The topological polar surface area (TPSA) is 29.3 Å². The Balaban J connectivity index is 2.07. The van der Waals surface area contributed by atoms with Gasteiger partial charge in [-0.05, 0) is 12.8 Å². The Morgan fingerprint density at radius 2 is 1.69 bits per heavy atom. The van der Waals surface area contributed by atoms with Crippen LogP contribution in [0.15, 0.2) is 0 Å². The van der Waals surface area contributed by atoms with E-state index in [9.17, 15) is 0 Å². The second kappa shape index (κ2) is 5.28. The molecule has 0 radical (unpaired) electrons. The monoisotopic (exact) mass is 242 g/mol. The Kier molecular flexibility index (Phi) is 4.20. The van der Waals surface area contributed by atoms with E-state index in [4.69, 9.17) is 5.73 Å². The van der Waals surface area contributed by atoms with Gasteiger partial charge < -0.3 is 5.73 Å². The minimum atomic E-state index is 0.349. The fraction of sp³-hybridized carbons (Fsp3) is 1.00. The third-order valence-corrected chi connectivity index (χ3v) is 5.48. The summed E-state index contributed by atoms with van der Waals surface area (Å²) in [6, 6.07) is 0. The highest BCUT2D eigenvalue weighted by atomic mass is 32.2. The molecule has 0 bridgehead atoms. The first kappa shape index (κ1) is 12.7. The van der Waals surface area contributed by atoms with Crippen LogP contribution in [0.4, 0.5) is 0 Å². The lowest BCUT2D eigenvalue weighted by Crippen LogP contribution is -2.59. The zero-order valence-electron chi connectivity index (χ0n) is 10.7. The van der Waals surface area contributed by atoms with Crippen molar-refractivity contribution in [3.8, 4) is 0 Å². The Labute approximate surface area is 104 Å². The lowest BCUT2D eigenvalue weighted by molar-refractivity contribution is 0.0556. The van der Waals surface area contributed by atoms with Gasteiger partial charge in [-0.2, -0.15) is 11.8 Å². The zero-order valence-corrected chi connectivity index (χ0v) is 11.6. The molecule has 0 aromatic heterocycles. The van der Waals surface area contributed by atoms with Crippen molar-refractivity contribution in [2.75, 3.05) is 19.6 Å². The van der Waals surface area contributed by atoms with E-state index in [1.807, 2.05) is 0 Å². The summed E-state index contributed by atoms with van der Waals surface area (Å²) in [5.41, 5.74) is 6.46. The Morgan fingerprint density at radius 1 is 1.12 bits per heavy atom. The molecule has 2 rings (SSSR count). The van der Waals surface area contributed by atoms with E-state index in [0.717, 1.165) is 17.0 Å². The van der Waals surface area contributed by atoms with Crippen LogP contribution >= 0.6 is 11.8 Å². The number of hydrogen-bond donors (Lipinski definition) is 1. The van der Waals surface area contributed by atoms with Crippen LogP contribution in [0.2, 0.25) is 0 Å². The van der Waals surface area contributed by atoms with Crippen LogP contribution in [0.3, 0.4) is 0 Å². The number of rotatable bonds is 2. The third kappa shape index (κ3) is 2.57. The fourth-order valence-electron chi connectivity index (χ4n) is 3.42. The quantitative estimate of drug-likeness (QED) is 0.806. The molecular formula is C13H26N2S. The van der Waals surface area contributed by atoms with Crippen molar-refractivity contribution >= 4 is 11.8 Å². The van der Waals surface area contributed by atoms with Crippen LogP contribution < -0.4 is 5.73 Å². The molecule has 16 heavy (non-hydrogen) atoms. The minimum Gasteiger partial charge on any atom is -0.329 e. The summed E-state index contributed by atoms with van der Waals surface area (Å²) in [4.78, 5) is 2.72. The second-order valence-corrected chi connectivity index (χ2v) is 7.53. The molecule has 2 fully saturated rings. The third-order valence-electron chi connectivity index (χ3n) is 4.25. The maximum atomic E-state index is 6.11. The van der Waals surface area contributed by atoms with Gasteiger partial charge in [0.25, 0.3) is 0 Å². The van der Waals surface area contributed by atoms with Crippen molar-refractivity contribution < 1.29 is 0 Å². The molecule has 1 aliphatic heterocycles. The maximum Gasteiger partial charge on any atom is 0.0332 e. The molecular weight excluding hydrogens is 216 g/mol. The fourth-order valence-corrected chi connectivity index (χ4v) is 4.75. The van der Waals surface area contributed by atoms with Gasteiger partial charge in [0.15, 0.2) is 0 Å². The van der Waals surface area contributed by atoms with E-state index >= 15 is 0 Å². The van der Waals surface area contributed by atoms with Gasteiger partial charge in [0.2, 0.25) is 0 Å². The number of nitrogens with zero attached hydrogens (tertiary/aromatic N) is 1. The van der Waals surface area contributed by atoms with E-state index in [0.29, 0.717) is 5.54 Å². The number of nitrogens with two attached hydrogens (primary N) is 1. The SMILES string of the molecule is CC1CN(C2(CN)CCCCC2)CC(C)S1. The van der Waals surface area contributed by atoms with Gasteiger partial charge in [0.05, 0.1) is 0 Å². The molecule has 2 atom stereocenters. The Hall–Kier alpha value is 0.270. The molecule has 2 unspecified atom stereocenters. The summed E-state index contributed by atoms with van der Waals surface area (Å²) in [6.07, 6.45) is 6.82. The minimum absolute atomic E-state index is 0.349. The van der Waals surface area contributed by atoms with Crippen LogP contribution in [0.5, 0.6) is 0 Å². The highest BCUT2D eigenvalue weighted by Crippen LogP contribution is 2.37. The van der Waals surface area contributed by atoms with Crippen molar-refractivity contribution in [3.05, 3.63) is 0 Å². The maximum absolute atomic E-state index is 6.11. The number of thioether (sulfide) groups is 1. The Morgan fingerprint density at radius 3 is 2.19 bits per heavy atom. The molecule has 0 aromatic carbocycles. The molecule has 94 valence electrons. The van der Waals surface area contributed by atoms with E-state index in [1.54, 1.807) is 0 Å². The average molecular weight is 242 g/mol. The lowest BCUT2D eigenvalue weighted by atomic mass is 9.80. The van der Waals surface area contributed by atoms with Gasteiger partial charge in [-0.25, -0.2) is 0 Å². The molecule has 2 N–H and O–H groups in total. The van der Waals surface area contributed by atoms with Crippen LogP contribution in [-0.2, 0) is 0 Å². The van der Waals surface area contributed by atoms with E-state index < -0.39 is 0 Å². The summed E-state index contributed by atoms with van der Waals surface area (Å²) in [5.74, 6) is 0. The molecule has 1 saturated carbocycles. The average Bonchev–Trinajstić information content (AvgIpc) is 2.28. The molecule has 1 aliphatic carbocycles. The van der Waals surface area contributed by atoms with Crippen LogP contribution in [-0.4, -0.2) is 40.6 Å². The van der Waals surface area contributed by atoms with Gasteiger partial charge in [0, 0.05) is 35.7 Å². The first-order chi connectivity index (χ1) is 7.66. The van der Waals surface area contributed by atoms with Gasteiger partial charge in [-0.3, -0.25) is 4.90 Å². The van der Waals surface area contributed by atoms with Gasteiger partial charge >= 0.3 is 0 Å². The van der Waals surface area contributed by atoms with Gasteiger partial charge in [0.1, 0.15) is 0 Å². The van der Waals surface area contributed by atoms with E-state index in [2.05, 4.69) is 30.5 Å². The number of hydrogen-bond acceptors (Lipinski definition) is 3. The molecule has 1 heterocycles. The van der Waals surface area contributed by atoms with Gasteiger partial charge in [-0.15, -0.1) is 0 Å². The predicted molar refractivity (Wildman–Crippen MR) is 73.0 cm³/mol. The van der Waals surface area contributed by atoms with Crippen LogP contribution in [0.25, 0.3) is 0 Å². The smallest absolute Gasteiger partial charge is 0.0332 e. The molecule has 0 amide bonds. The van der Waals surface area contributed by atoms with Crippen molar-refractivity contribution in [2.45, 2.75) is 62.0 Å². The molecule has 0 aromatic rings. The van der Waals surface area contributed by atoms with Crippen LogP contribution in [0.1, 0.15) is 46.0 Å². The van der Waals surface area contributed by atoms with E-state index in [-0.39, 0.29) is 0 Å². The largest absolute Gasteiger partial charge is 0.329 e. The van der Waals surface area contributed by atoms with Crippen molar-refractivity contribution in [2.24, 2.45) is 5.73 Å². The van der Waals surface area contributed by atoms with E-state index in [1.165, 1.54) is 45.2 Å². The summed E-state index contributed by atoms with van der Waals surface area (Å²) in [6.45, 7) is 8.07. The summed E-state index contributed by atoms with van der Waals surface area (Å²) >= 11 is 2.14. The molecule has 2 aliphatic rings. The summed E-state index contributed by atoms with van der Waals surface area (Å²) < 4.78 is 0. The molecule has 2 nitrogen and oxygen atoms in total. The zero-order chi connectivity index (χ0) is 11.6. The highest BCUT2D eigenvalue weighted by molar-refractivity contribution is 8.00. The highest BCUT2D eigenvalue weighted by Gasteiger charge is 2.39. The van der Waals surface area contributed by atoms with Crippen molar-refractivity contribution in [1.29, 1.82) is 0 Å². The normalized spacial score (nSPS) is 36.2. The molecule has 0 spiro atoms. The molecule has 1 saturated heterocycles. The first-order valence-corrected chi connectivity index (χ1v) is 7.71. The summed E-state index contributed by atoms with van der Waals surface area (Å²) in [7, 11) is 0. The lowest BCUT2D eigenvalue weighted by Gasteiger charge is -2.50. The predicted octanol–water partition coefficient (Wildman–Crippen LogP) is 2.47. The van der Waals surface area contributed by atoms with Crippen molar-refractivity contribution in [3.63, 3.8) is 0 Å². The van der Waals surface area contributed by atoms with Crippen molar-refractivity contribution in [1.82, 2.24) is 4.90 Å².